The average molecular weight is 278 g/mol. The summed E-state index contributed by atoms with van der Waals surface area (Å²) in [5, 5.41) is 0. The Balaban J connectivity index is 2.05. The Morgan fingerprint density at radius 3 is 2.70 bits per heavy atom. The van der Waals surface area contributed by atoms with Crippen molar-refractivity contribution in [3.05, 3.63) is 23.8 Å². The van der Waals surface area contributed by atoms with Crippen LogP contribution in [0, 0.1) is 0 Å². The highest BCUT2D eigenvalue weighted by Crippen LogP contribution is 2.24. The molecule has 0 spiro atoms. The van der Waals surface area contributed by atoms with Gasteiger partial charge in [-0.25, -0.2) is 0 Å². The second-order valence-corrected chi connectivity index (χ2v) is 4.91. The summed E-state index contributed by atoms with van der Waals surface area (Å²) < 4.78 is 10.8. The van der Waals surface area contributed by atoms with Crippen molar-refractivity contribution in [2.75, 3.05) is 32.5 Å². The second kappa shape index (κ2) is 6.61. The SMILES string of the molecule is CCOC1CCN(C(=O)c2ccc(N)cc2OC)CC1. The van der Waals surface area contributed by atoms with Gasteiger partial charge in [-0.2, -0.15) is 0 Å². The molecule has 0 bridgehead atoms. The number of piperidine rings is 1. The number of nitrogens with two attached hydrogens (primary N) is 1. The minimum Gasteiger partial charge on any atom is -0.496 e. The van der Waals surface area contributed by atoms with Crippen LogP contribution in [0.2, 0.25) is 0 Å². The van der Waals surface area contributed by atoms with E-state index in [4.69, 9.17) is 15.2 Å². The van der Waals surface area contributed by atoms with E-state index in [0.29, 0.717) is 17.0 Å². The zero-order chi connectivity index (χ0) is 14.5. The summed E-state index contributed by atoms with van der Waals surface area (Å²) in [7, 11) is 1.55. The number of carbonyl (C=O) groups excluding carboxylic acids is 1. The van der Waals surface area contributed by atoms with E-state index < -0.39 is 0 Å². The van der Waals surface area contributed by atoms with Crippen LogP contribution in [0.3, 0.4) is 0 Å². The lowest BCUT2D eigenvalue weighted by Crippen LogP contribution is -2.41. The molecular weight excluding hydrogens is 256 g/mol. The second-order valence-electron chi connectivity index (χ2n) is 4.91. The van der Waals surface area contributed by atoms with Crippen LogP contribution in [-0.4, -0.2) is 43.7 Å². The number of anilines is 1. The van der Waals surface area contributed by atoms with E-state index in [9.17, 15) is 4.79 Å². The van der Waals surface area contributed by atoms with Gasteiger partial charge >= 0.3 is 0 Å². The first kappa shape index (κ1) is 14.7. The van der Waals surface area contributed by atoms with Gasteiger partial charge in [-0.15, -0.1) is 0 Å². The molecule has 5 nitrogen and oxygen atoms in total. The van der Waals surface area contributed by atoms with E-state index in [1.165, 1.54) is 0 Å². The molecule has 0 saturated carbocycles. The molecule has 1 fully saturated rings. The van der Waals surface area contributed by atoms with Gasteiger partial charge in [-0.1, -0.05) is 0 Å². The molecule has 2 N–H and O–H groups in total. The summed E-state index contributed by atoms with van der Waals surface area (Å²) >= 11 is 0. The fourth-order valence-electron chi connectivity index (χ4n) is 2.52. The normalized spacial score (nSPS) is 16.2. The van der Waals surface area contributed by atoms with Gasteiger partial charge in [-0.05, 0) is 31.9 Å². The van der Waals surface area contributed by atoms with Crippen molar-refractivity contribution >= 4 is 11.6 Å². The van der Waals surface area contributed by atoms with Crippen molar-refractivity contribution < 1.29 is 14.3 Å². The fraction of sp³-hybridized carbons (Fsp3) is 0.533. The van der Waals surface area contributed by atoms with Crippen molar-refractivity contribution in [1.29, 1.82) is 0 Å². The third-order valence-electron chi connectivity index (χ3n) is 3.59. The van der Waals surface area contributed by atoms with Gasteiger partial charge in [0.25, 0.3) is 5.91 Å². The lowest BCUT2D eigenvalue weighted by atomic mass is 10.1. The Bertz CT molecular complexity index is 468. The topological polar surface area (TPSA) is 64.8 Å². The highest BCUT2D eigenvalue weighted by molar-refractivity contribution is 5.97. The van der Waals surface area contributed by atoms with Crippen molar-refractivity contribution in [2.45, 2.75) is 25.9 Å². The molecule has 1 aromatic rings. The number of likely N-dealkylation sites (tertiary alicyclic amines) is 1. The maximum Gasteiger partial charge on any atom is 0.257 e. The highest BCUT2D eigenvalue weighted by Gasteiger charge is 2.25. The van der Waals surface area contributed by atoms with Crippen LogP contribution in [0.5, 0.6) is 5.75 Å². The van der Waals surface area contributed by atoms with Crippen LogP contribution in [0.4, 0.5) is 5.69 Å². The molecule has 1 amide bonds. The molecule has 1 saturated heterocycles. The van der Waals surface area contributed by atoms with Gasteiger partial charge < -0.3 is 20.1 Å². The van der Waals surface area contributed by atoms with Gasteiger partial charge in [-0.3, -0.25) is 4.79 Å². The number of hydrogen-bond donors (Lipinski definition) is 1. The minimum atomic E-state index is -0.00296. The predicted octanol–water partition coefficient (Wildman–Crippen LogP) is 1.92. The third-order valence-corrected chi connectivity index (χ3v) is 3.59. The molecule has 0 aromatic heterocycles. The molecule has 0 aliphatic carbocycles. The third kappa shape index (κ3) is 3.22. The number of methoxy groups -OCH3 is 1. The van der Waals surface area contributed by atoms with Gasteiger partial charge in [0.2, 0.25) is 0 Å². The Morgan fingerprint density at radius 2 is 2.10 bits per heavy atom. The van der Waals surface area contributed by atoms with E-state index in [2.05, 4.69) is 0 Å². The largest absolute Gasteiger partial charge is 0.496 e. The van der Waals surface area contributed by atoms with Crippen molar-refractivity contribution in [2.24, 2.45) is 0 Å². The van der Waals surface area contributed by atoms with Gasteiger partial charge in [0.05, 0.1) is 18.8 Å². The lowest BCUT2D eigenvalue weighted by Gasteiger charge is -2.32. The molecule has 110 valence electrons. The molecular formula is C15H22N2O3. The molecule has 20 heavy (non-hydrogen) atoms. The highest BCUT2D eigenvalue weighted by atomic mass is 16.5. The number of hydrogen-bond acceptors (Lipinski definition) is 4. The standard InChI is InChI=1S/C15H22N2O3/c1-3-20-12-6-8-17(9-7-12)15(18)13-5-4-11(16)10-14(13)19-2/h4-5,10,12H,3,6-9,16H2,1-2H3. The number of amides is 1. The van der Waals surface area contributed by atoms with E-state index >= 15 is 0 Å². The smallest absolute Gasteiger partial charge is 0.257 e. The lowest BCUT2D eigenvalue weighted by molar-refractivity contribution is 0.0145. The Hall–Kier alpha value is -1.75. The van der Waals surface area contributed by atoms with E-state index in [1.54, 1.807) is 25.3 Å². The van der Waals surface area contributed by atoms with E-state index in [0.717, 1.165) is 32.5 Å². The van der Waals surface area contributed by atoms with Crippen LogP contribution in [0.1, 0.15) is 30.1 Å². The van der Waals surface area contributed by atoms with Gasteiger partial charge in [0.15, 0.2) is 0 Å². The van der Waals surface area contributed by atoms with Crippen molar-refractivity contribution in [3.63, 3.8) is 0 Å². The molecule has 1 aromatic carbocycles. The van der Waals surface area contributed by atoms with Crippen LogP contribution in [-0.2, 0) is 4.74 Å². The van der Waals surface area contributed by atoms with Crippen LogP contribution in [0.15, 0.2) is 18.2 Å². The first-order valence-electron chi connectivity index (χ1n) is 7.00. The maximum absolute atomic E-state index is 12.5. The molecule has 1 aliphatic heterocycles. The Kier molecular flexibility index (Phi) is 4.84. The summed E-state index contributed by atoms with van der Waals surface area (Å²) in [5.41, 5.74) is 6.87. The van der Waals surface area contributed by atoms with E-state index in [1.807, 2.05) is 11.8 Å². The van der Waals surface area contributed by atoms with Crippen LogP contribution < -0.4 is 10.5 Å². The summed E-state index contributed by atoms with van der Waals surface area (Å²) in [6.07, 6.45) is 2.05. The molecule has 2 rings (SSSR count). The monoisotopic (exact) mass is 278 g/mol. The average Bonchev–Trinajstić information content (AvgIpc) is 2.47. The number of nitrogen functional groups attached to an aromatic ring is 1. The van der Waals surface area contributed by atoms with Crippen molar-refractivity contribution in [1.82, 2.24) is 4.90 Å². The molecule has 1 heterocycles. The summed E-state index contributed by atoms with van der Waals surface area (Å²) in [4.78, 5) is 14.4. The molecule has 1 aliphatic rings. The number of ether oxygens (including phenoxy) is 2. The number of carbonyl (C=O) groups is 1. The molecule has 0 radical (unpaired) electrons. The zero-order valence-electron chi connectivity index (χ0n) is 12.1. The number of nitrogens with zero attached hydrogens (tertiary/aromatic N) is 1. The molecule has 0 unspecified atom stereocenters. The van der Waals surface area contributed by atoms with Crippen LogP contribution in [0.25, 0.3) is 0 Å². The molecule has 0 atom stereocenters. The molecule has 5 heteroatoms. The minimum absolute atomic E-state index is 0.00296. The fourth-order valence-corrected chi connectivity index (χ4v) is 2.52. The Morgan fingerprint density at radius 1 is 1.40 bits per heavy atom. The van der Waals surface area contributed by atoms with Crippen molar-refractivity contribution in [3.8, 4) is 5.75 Å². The predicted molar refractivity (Wildman–Crippen MR) is 78.0 cm³/mol. The summed E-state index contributed by atoms with van der Waals surface area (Å²) in [5.74, 6) is 0.527. The first-order chi connectivity index (χ1) is 9.65. The quantitative estimate of drug-likeness (QED) is 0.855. The number of benzene rings is 1. The van der Waals surface area contributed by atoms with E-state index in [-0.39, 0.29) is 12.0 Å². The summed E-state index contributed by atoms with van der Waals surface area (Å²) in [6, 6.07) is 5.13. The zero-order valence-corrected chi connectivity index (χ0v) is 12.1. The number of rotatable bonds is 4. The summed E-state index contributed by atoms with van der Waals surface area (Å²) in [6.45, 7) is 4.16. The maximum atomic E-state index is 12.5. The van der Waals surface area contributed by atoms with Crippen LogP contribution >= 0.6 is 0 Å². The first-order valence-corrected chi connectivity index (χ1v) is 7.00. The van der Waals surface area contributed by atoms with Gasteiger partial charge in [0, 0.05) is 31.5 Å². The van der Waals surface area contributed by atoms with Gasteiger partial charge in [0.1, 0.15) is 5.75 Å². The Labute approximate surface area is 119 Å².